The quantitative estimate of drug-likeness (QED) is 0.710. The van der Waals surface area contributed by atoms with Crippen molar-refractivity contribution in [2.75, 3.05) is 6.54 Å². The van der Waals surface area contributed by atoms with Gasteiger partial charge in [-0.3, -0.25) is 10.4 Å². The monoisotopic (exact) mass is 441 g/mol. The molecule has 2 atom stereocenters. The van der Waals surface area contributed by atoms with E-state index in [9.17, 15) is 5.11 Å². The Kier molecular flexibility index (Phi) is 5.79. The number of hydrogen-bond donors (Lipinski definition) is 2. The molecule has 0 aromatic heterocycles. The van der Waals surface area contributed by atoms with Crippen LogP contribution in [0.4, 0.5) is 0 Å². The fourth-order valence-electron chi connectivity index (χ4n) is 4.77. The molecular formula is C28H31N3O2. The molecule has 0 fully saturated rings. The minimum Gasteiger partial charge on any atom is -0.456 e. The third kappa shape index (κ3) is 4.32. The van der Waals surface area contributed by atoms with Crippen molar-refractivity contribution in [2.24, 2.45) is 4.99 Å². The van der Waals surface area contributed by atoms with Gasteiger partial charge in [-0.15, -0.1) is 0 Å². The Morgan fingerprint density at radius 3 is 2.52 bits per heavy atom. The van der Waals surface area contributed by atoms with Crippen LogP contribution in [-0.2, 0) is 11.2 Å². The van der Waals surface area contributed by atoms with Crippen molar-refractivity contribution in [1.29, 1.82) is 0 Å². The molecule has 2 unspecified atom stereocenters. The molecule has 5 rings (SSSR count). The fourth-order valence-corrected chi connectivity index (χ4v) is 4.77. The maximum absolute atomic E-state index is 11.2. The number of allylic oxidation sites excluding steroid dienone is 3. The number of ether oxygens (including phenoxy) is 1. The van der Waals surface area contributed by atoms with Crippen LogP contribution in [0.25, 0.3) is 5.76 Å². The Morgan fingerprint density at radius 2 is 1.79 bits per heavy atom. The zero-order chi connectivity index (χ0) is 23.0. The van der Waals surface area contributed by atoms with Crippen molar-refractivity contribution < 1.29 is 9.84 Å². The van der Waals surface area contributed by atoms with Crippen molar-refractivity contribution in [2.45, 2.75) is 51.4 Å². The number of hydrogen-bond acceptors (Lipinski definition) is 5. The predicted molar refractivity (Wildman–Crippen MR) is 132 cm³/mol. The highest BCUT2D eigenvalue weighted by molar-refractivity contribution is 5.97. The summed E-state index contributed by atoms with van der Waals surface area (Å²) in [6.45, 7) is 6.78. The Hall–Kier alpha value is -2.99. The first-order valence-electron chi connectivity index (χ1n) is 11.6. The van der Waals surface area contributed by atoms with Crippen LogP contribution in [0, 0.1) is 0 Å². The Morgan fingerprint density at radius 1 is 1.09 bits per heavy atom. The minimum atomic E-state index is -0.751. The average Bonchev–Trinajstić information content (AvgIpc) is 2.81. The first kappa shape index (κ1) is 21.8. The summed E-state index contributed by atoms with van der Waals surface area (Å²) >= 11 is 0. The summed E-state index contributed by atoms with van der Waals surface area (Å²) < 4.78 is 6.43. The number of aliphatic hydroxyl groups is 1. The molecule has 0 spiro atoms. The van der Waals surface area contributed by atoms with E-state index < -0.39 is 11.8 Å². The van der Waals surface area contributed by atoms with Crippen molar-refractivity contribution in [3.8, 4) is 0 Å². The zero-order valence-corrected chi connectivity index (χ0v) is 19.5. The van der Waals surface area contributed by atoms with E-state index in [4.69, 9.17) is 9.73 Å². The zero-order valence-electron chi connectivity index (χ0n) is 19.5. The lowest BCUT2D eigenvalue weighted by molar-refractivity contribution is -0.0831. The number of aliphatic hydroxyl groups excluding tert-OH is 1. The molecule has 5 heteroatoms. The lowest BCUT2D eigenvalue weighted by Crippen LogP contribution is -2.64. The molecular weight excluding hydrogens is 410 g/mol. The number of hydrazine groups is 1. The number of fused-ring (bicyclic) bond motifs is 2. The lowest BCUT2D eigenvalue weighted by atomic mass is 9.86. The van der Waals surface area contributed by atoms with Crippen molar-refractivity contribution in [3.63, 3.8) is 0 Å². The molecule has 0 bridgehead atoms. The van der Waals surface area contributed by atoms with E-state index >= 15 is 0 Å². The molecule has 2 aromatic rings. The number of nitrogens with zero attached hydrogens (tertiary/aromatic N) is 2. The van der Waals surface area contributed by atoms with Crippen LogP contribution in [0.3, 0.4) is 0 Å². The summed E-state index contributed by atoms with van der Waals surface area (Å²) in [5.74, 6) is 1.73. The highest BCUT2D eigenvalue weighted by atomic mass is 16.5. The van der Waals surface area contributed by atoms with Crippen LogP contribution in [0.5, 0.6) is 0 Å². The van der Waals surface area contributed by atoms with Crippen LogP contribution in [0.15, 0.2) is 94.7 Å². The smallest absolute Gasteiger partial charge is 0.145 e. The van der Waals surface area contributed by atoms with Crippen molar-refractivity contribution in [1.82, 2.24) is 10.4 Å². The van der Waals surface area contributed by atoms with Gasteiger partial charge in [-0.05, 0) is 50.5 Å². The molecule has 2 aromatic carbocycles. The van der Waals surface area contributed by atoms with Gasteiger partial charge in [0.05, 0.1) is 11.6 Å². The number of rotatable bonds is 5. The van der Waals surface area contributed by atoms with E-state index in [1.54, 1.807) is 0 Å². The number of benzene rings is 2. The van der Waals surface area contributed by atoms with Gasteiger partial charge in [0, 0.05) is 29.8 Å². The lowest BCUT2D eigenvalue weighted by Gasteiger charge is -2.47. The summed E-state index contributed by atoms with van der Waals surface area (Å²) in [7, 11) is 0. The Labute approximate surface area is 195 Å². The third-order valence-corrected chi connectivity index (χ3v) is 6.51. The second-order valence-electron chi connectivity index (χ2n) is 9.48. The van der Waals surface area contributed by atoms with Crippen LogP contribution >= 0.6 is 0 Å². The second kappa shape index (κ2) is 8.75. The van der Waals surface area contributed by atoms with Gasteiger partial charge in [0.1, 0.15) is 17.7 Å². The molecule has 170 valence electrons. The average molecular weight is 442 g/mol. The van der Waals surface area contributed by atoms with E-state index in [1.807, 2.05) is 43.1 Å². The fraction of sp³-hybridized carbons (Fsp3) is 0.321. The standard InChI is InChI=1S/C28H31N3O2/c1-19-16-22-17-23-24(18-25(22)33-26(19)21-12-8-5-9-13-21)31(27(32)28(2,3)30-23)29-15-14-20-10-6-4-7-11-20/h4-13,16,18,24,27,29,32H,14-15,17H2,1-3H3. The topological polar surface area (TPSA) is 57.1 Å². The van der Waals surface area contributed by atoms with Gasteiger partial charge in [0.15, 0.2) is 0 Å². The largest absolute Gasteiger partial charge is 0.456 e. The van der Waals surface area contributed by atoms with Crippen molar-refractivity contribution >= 4 is 11.5 Å². The van der Waals surface area contributed by atoms with E-state index in [2.05, 4.69) is 60.9 Å². The van der Waals surface area contributed by atoms with Gasteiger partial charge < -0.3 is 9.84 Å². The first-order valence-corrected chi connectivity index (χ1v) is 11.6. The van der Waals surface area contributed by atoms with E-state index in [0.717, 1.165) is 46.9 Å². The summed E-state index contributed by atoms with van der Waals surface area (Å²) in [4.78, 5) is 4.95. The van der Waals surface area contributed by atoms with Gasteiger partial charge >= 0.3 is 0 Å². The van der Waals surface area contributed by atoms with Crippen LogP contribution in [0.2, 0.25) is 0 Å². The van der Waals surface area contributed by atoms with Gasteiger partial charge in [-0.2, -0.15) is 0 Å². The van der Waals surface area contributed by atoms with Gasteiger partial charge in [-0.25, -0.2) is 5.01 Å². The molecule has 3 aliphatic rings. The second-order valence-corrected chi connectivity index (χ2v) is 9.48. The molecule has 0 saturated heterocycles. The van der Waals surface area contributed by atoms with Gasteiger partial charge in [0.25, 0.3) is 0 Å². The maximum Gasteiger partial charge on any atom is 0.145 e. The van der Waals surface area contributed by atoms with E-state index in [-0.39, 0.29) is 6.04 Å². The molecule has 2 aliphatic heterocycles. The van der Waals surface area contributed by atoms with E-state index in [1.165, 1.54) is 5.56 Å². The minimum absolute atomic E-state index is 0.161. The van der Waals surface area contributed by atoms with Crippen LogP contribution < -0.4 is 5.43 Å². The summed E-state index contributed by atoms with van der Waals surface area (Å²) in [6.07, 6.45) is 5.14. The van der Waals surface area contributed by atoms with Gasteiger partial charge in [0.2, 0.25) is 0 Å². The van der Waals surface area contributed by atoms with Crippen LogP contribution in [0.1, 0.15) is 38.3 Å². The van der Waals surface area contributed by atoms with Crippen molar-refractivity contribution in [3.05, 3.63) is 101 Å². The number of nitrogens with one attached hydrogen (secondary N) is 1. The first-order chi connectivity index (χ1) is 15.9. The molecule has 2 N–H and O–H groups in total. The van der Waals surface area contributed by atoms with Crippen LogP contribution in [-0.4, -0.2) is 40.2 Å². The Bertz CT molecular complexity index is 1150. The Balaban J connectivity index is 1.42. The van der Waals surface area contributed by atoms with E-state index in [0.29, 0.717) is 6.42 Å². The predicted octanol–water partition coefficient (Wildman–Crippen LogP) is 4.63. The molecule has 33 heavy (non-hydrogen) atoms. The molecule has 5 nitrogen and oxygen atoms in total. The van der Waals surface area contributed by atoms with Gasteiger partial charge in [-0.1, -0.05) is 60.7 Å². The normalized spacial score (nSPS) is 24.2. The summed E-state index contributed by atoms with van der Waals surface area (Å²) in [5.41, 5.74) is 8.51. The SMILES string of the molecule is CC1=C(c2ccccc2)OC2=CC3C(=NC(C)(C)C(O)N3NCCc3ccccc3)CC2=C1. The maximum atomic E-state index is 11.2. The molecule has 2 heterocycles. The highest BCUT2D eigenvalue weighted by Gasteiger charge is 2.44. The summed E-state index contributed by atoms with van der Waals surface area (Å²) in [6, 6.07) is 20.4. The molecule has 1 aliphatic carbocycles. The molecule has 0 saturated carbocycles. The highest BCUT2D eigenvalue weighted by Crippen LogP contribution is 2.39. The molecule has 0 radical (unpaired) electrons. The molecule has 0 amide bonds. The third-order valence-electron chi connectivity index (χ3n) is 6.51. The summed E-state index contributed by atoms with van der Waals surface area (Å²) in [5, 5.41) is 13.1. The number of aliphatic imine (C=N–C) groups is 1.